The number of nitrogens with one attached hydrogen (secondary N) is 1. The highest BCUT2D eigenvalue weighted by Gasteiger charge is 2.09. The molecule has 4 N–H and O–H groups in total. The molecular weight excluding hydrogens is 204 g/mol. The number of aromatic nitrogens is 2. The van der Waals surface area contributed by atoms with Gasteiger partial charge in [-0.05, 0) is 6.42 Å². The van der Waals surface area contributed by atoms with Gasteiger partial charge in [-0.25, -0.2) is 9.97 Å². The fraction of sp³-hybridized carbons (Fsp3) is 0.500. The summed E-state index contributed by atoms with van der Waals surface area (Å²) in [5, 5.41) is 12.2. The van der Waals surface area contributed by atoms with Crippen LogP contribution in [0.25, 0.3) is 0 Å². The number of halogens is 1. The first kappa shape index (κ1) is 11.0. The zero-order valence-corrected chi connectivity index (χ0v) is 8.62. The van der Waals surface area contributed by atoms with Crippen LogP contribution in [0, 0.1) is 0 Å². The largest absolute Gasteiger partial charge is 0.394 e. The van der Waals surface area contributed by atoms with E-state index in [-0.39, 0.29) is 17.8 Å². The maximum atomic E-state index is 8.97. The molecule has 0 fully saturated rings. The van der Waals surface area contributed by atoms with E-state index >= 15 is 0 Å². The zero-order valence-electron chi connectivity index (χ0n) is 7.87. The van der Waals surface area contributed by atoms with Gasteiger partial charge in [0, 0.05) is 0 Å². The normalized spacial score (nSPS) is 12.5. The van der Waals surface area contributed by atoms with Gasteiger partial charge < -0.3 is 16.2 Å². The van der Waals surface area contributed by atoms with Gasteiger partial charge in [0.1, 0.15) is 12.0 Å². The molecule has 5 nitrogen and oxygen atoms in total. The Kier molecular flexibility index (Phi) is 3.91. The first-order valence-electron chi connectivity index (χ1n) is 4.32. The molecule has 0 aliphatic carbocycles. The third-order valence-electron chi connectivity index (χ3n) is 1.89. The SMILES string of the molecule is CC[C@H](CO)Nc1ncnc(Cl)c1N. The van der Waals surface area contributed by atoms with Crippen LogP contribution in [-0.2, 0) is 0 Å². The number of aliphatic hydroxyl groups is 1. The highest BCUT2D eigenvalue weighted by Crippen LogP contribution is 2.22. The van der Waals surface area contributed by atoms with Gasteiger partial charge in [-0.3, -0.25) is 0 Å². The van der Waals surface area contributed by atoms with E-state index in [1.807, 2.05) is 6.92 Å². The second-order valence-corrected chi connectivity index (χ2v) is 3.22. The quantitative estimate of drug-likeness (QED) is 0.652. The smallest absolute Gasteiger partial charge is 0.157 e. The molecule has 1 aromatic heterocycles. The molecule has 14 heavy (non-hydrogen) atoms. The average Bonchev–Trinajstić information content (AvgIpc) is 2.20. The van der Waals surface area contributed by atoms with Crippen molar-refractivity contribution in [1.29, 1.82) is 0 Å². The lowest BCUT2D eigenvalue weighted by molar-refractivity contribution is 0.271. The van der Waals surface area contributed by atoms with E-state index in [0.717, 1.165) is 6.42 Å². The standard InChI is InChI=1S/C8H13ClN4O/c1-2-5(3-14)13-8-6(10)7(9)11-4-12-8/h4-5,14H,2-3,10H2,1H3,(H,11,12,13)/t5-/m1/s1. The van der Waals surface area contributed by atoms with Crippen molar-refractivity contribution in [3.63, 3.8) is 0 Å². The molecule has 0 bridgehead atoms. The van der Waals surface area contributed by atoms with Crippen LogP contribution >= 0.6 is 11.6 Å². The molecule has 0 aliphatic heterocycles. The van der Waals surface area contributed by atoms with Gasteiger partial charge in [-0.2, -0.15) is 0 Å². The van der Waals surface area contributed by atoms with E-state index in [0.29, 0.717) is 11.5 Å². The Morgan fingerprint density at radius 3 is 2.93 bits per heavy atom. The summed E-state index contributed by atoms with van der Waals surface area (Å²) in [6.07, 6.45) is 2.10. The van der Waals surface area contributed by atoms with Crippen molar-refractivity contribution in [2.75, 3.05) is 17.7 Å². The maximum absolute atomic E-state index is 8.97. The minimum absolute atomic E-state index is 0.0254. The zero-order chi connectivity index (χ0) is 10.6. The summed E-state index contributed by atoms with van der Waals surface area (Å²) in [5.74, 6) is 0.464. The topological polar surface area (TPSA) is 84.1 Å². The molecule has 6 heteroatoms. The number of rotatable bonds is 4. The molecule has 0 unspecified atom stereocenters. The van der Waals surface area contributed by atoms with E-state index in [4.69, 9.17) is 22.4 Å². The number of hydrogen-bond acceptors (Lipinski definition) is 5. The number of anilines is 2. The molecule has 1 atom stereocenters. The summed E-state index contributed by atoms with van der Waals surface area (Å²) in [6, 6.07) is -0.0664. The van der Waals surface area contributed by atoms with Crippen molar-refractivity contribution in [2.45, 2.75) is 19.4 Å². The van der Waals surface area contributed by atoms with Crippen LogP contribution in [0.3, 0.4) is 0 Å². The molecule has 1 heterocycles. The molecule has 1 aromatic rings. The van der Waals surface area contributed by atoms with E-state index in [9.17, 15) is 0 Å². The molecule has 0 amide bonds. The maximum Gasteiger partial charge on any atom is 0.157 e. The van der Waals surface area contributed by atoms with Gasteiger partial charge in [0.05, 0.1) is 12.6 Å². The Morgan fingerprint density at radius 2 is 2.36 bits per heavy atom. The van der Waals surface area contributed by atoms with Crippen molar-refractivity contribution in [1.82, 2.24) is 9.97 Å². The van der Waals surface area contributed by atoms with Gasteiger partial charge in [0.15, 0.2) is 11.0 Å². The van der Waals surface area contributed by atoms with Crippen molar-refractivity contribution < 1.29 is 5.11 Å². The van der Waals surface area contributed by atoms with Gasteiger partial charge in [-0.15, -0.1) is 0 Å². The lowest BCUT2D eigenvalue weighted by Gasteiger charge is -2.15. The molecule has 0 saturated heterocycles. The fourth-order valence-corrected chi connectivity index (χ4v) is 1.09. The first-order chi connectivity index (χ1) is 6.69. The van der Waals surface area contributed by atoms with Crippen molar-refractivity contribution in [3.05, 3.63) is 11.5 Å². The highest BCUT2D eigenvalue weighted by atomic mass is 35.5. The Bertz CT molecular complexity index is 303. The van der Waals surface area contributed by atoms with Crippen molar-refractivity contribution in [3.8, 4) is 0 Å². The van der Waals surface area contributed by atoms with Crippen LogP contribution in [0.4, 0.5) is 11.5 Å². The Balaban J connectivity index is 2.80. The molecule has 0 aliphatic rings. The number of aliphatic hydroxyl groups excluding tert-OH is 1. The number of nitrogen functional groups attached to an aromatic ring is 1. The third-order valence-corrected chi connectivity index (χ3v) is 2.19. The molecule has 78 valence electrons. The predicted octanol–water partition coefficient (Wildman–Crippen LogP) is 0.895. The predicted molar refractivity (Wildman–Crippen MR) is 56.2 cm³/mol. The van der Waals surface area contributed by atoms with Gasteiger partial charge >= 0.3 is 0 Å². The van der Waals surface area contributed by atoms with Crippen LogP contribution in [0.1, 0.15) is 13.3 Å². The lowest BCUT2D eigenvalue weighted by Crippen LogP contribution is -2.24. The van der Waals surface area contributed by atoms with E-state index in [1.165, 1.54) is 6.33 Å². The van der Waals surface area contributed by atoms with Gasteiger partial charge in [-0.1, -0.05) is 18.5 Å². The summed E-state index contributed by atoms with van der Waals surface area (Å²) < 4.78 is 0. The molecule has 0 radical (unpaired) electrons. The molecular formula is C8H13ClN4O. The van der Waals surface area contributed by atoms with E-state index in [1.54, 1.807) is 0 Å². The Morgan fingerprint density at radius 1 is 1.64 bits per heavy atom. The summed E-state index contributed by atoms with van der Waals surface area (Å²) in [7, 11) is 0. The van der Waals surface area contributed by atoms with Crippen LogP contribution in [0.5, 0.6) is 0 Å². The molecule has 1 rings (SSSR count). The van der Waals surface area contributed by atoms with Gasteiger partial charge in [0.25, 0.3) is 0 Å². The Labute approximate surface area is 87.3 Å². The summed E-state index contributed by atoms with van der Waals surface area (Å²) in [5.41, 5.74) is 5.95. The number of nitrogens with two attached hydrogens (primary N) is 1. The third kappa shape index (κ3) is 2.46. The summed E-state index contributed by atoms with van der Waals surface area (Å²) in [4.78, 5) is 7.66. The lowest BCUT2D eigenvalue weighted by atomic mass is 10.2. The van der Waals surface area contributed by atoms with Crippen molar-refractivity contribution in [2.24, 2.45) is 0 Å². The number of hydrogen-bond donors (Lipinski definition) is 3. The van der Waals surface area contributed by atoms with Crippen molar-refractivity contribution >= 4 is 23.1 Å². The van der Waals surface area contributed by atoms with E-state index in [2.05, 4.69) is 15.3 Å². The molecule has 0 saturated carbocycles. The van der Waals surface area contributed by atoms with Crippen LogP contribution in [0.2, 0.25) is 5.15 Å². The second-order valence-electron chi connectivity index (χ2n) is 2.86. The van der Waals surface area contributed by atoms with Gasteiger partial charge in [0.2, 0.25) is 0 Å². The Hall–Kier alpha value is -1.07. The average molecular weight is 217 g/mol. The van der Waals surface area contributed by atoms with Crippen LogP contribution < -0.4 is 11.1 Å². The minimum atomic E-state index is -0.0664. The molecule has 0 spiro atoms. The highest BCUT2D eigenvalue weighted by molar-refractivity contribution is 6.32. The monoisotopic (exact) mass is 216 g/mol. The van der Waals surface area contributed by atoms with E-state index < -0.39 is 0 Å². The second kappa shape index (κ2) is 4.97. The summed E-state index contributed by atoms with van der Waals surface area (Å²) >= 11 is 5.71. The summed E-state index contributed by atoms with van der Waals surface area (Å²) in [6.45, 7) is 1.98. The first-order valence-corrected chi connectivity index (χ1v) is 4.70. The molecule has 0 aromatic carbocycles. The minimum Gasteiger partial charge on any atom is -0.394 e. The van der Waals surface area contributed by atoms with Crippen LogP contribution in [-0.4, -0.2) is 27.7 Å². The fourth-order valence-electron chi connectivity index (χ4n) is 0.959. The number of nitrogens with zero attached hydrogens (tertiary/aromatic N) is 2. The van der Waals surface area contributed by atoms with Crippen LogP contribution in [0.15, 0.2) is 6.33 Å².